The van der Waals surface area contributed by atoms with Crippen LogP contribution < -0.4 is 0 Å². The average molecular weight is 373 g/mol. The SMILES string of the molecule is OCCCN(CC1CCN(C2Cc3ccccc3C2)CC1)C[C@H]1CCCO1. The molecule has 0 spiro atoms. The largest absolute Gasteiger partial charge is 0.396 e. The molecule has 0 radical (unpaired) electrons. The van der Waals surface area contributed by atoms with Gasteiger partial charge in [-0.15, -0.1) is 0 Å². The van der Waals surface area contributed by atoms with Crippen LogP contribution in [0.15, 0.2) is 24.3 Å². The summed E-state index contributed by atoms with van der Waals surface area (Å²) in [6, 6.07) is 9.71. The van der Waals surface area contributed by atoms with Crippen LogP contribution in [0.1, 0.15) is 43.2 Å². The van der Waals surface area contributed by atoms with E-state index in [2.05, 4.69) is 34.1 Å². The van der Waals surface area contributed by atoms with E-state index < -0.39 is 0 Å². The van der Waals surface area contributed by atoms with Crippen LogP contribution in [0, 0.1) is 5.92 Å². The average Bonchev–Trinajstić information content (AvgIpc) is 3.36. The van der Waals surface area contributed by atoms with Gasteiger partial charge in [-0.05, 0) is 75.1 Å². The number of rotatable bonds is 8. The molecule has 0 amide bonds. The number of hydrogen-bond acceptors (Lipinski definition) is 4. The number of likely N-dealkylation sites (tertiary alicyclic amines) is 1. The van der Waals surface area contributed by atoms with Gasteiger partial charge in [0.1, 0.15) is 0 Å². The summed E-state index contributed by atoms with van der Waals surface area (Å²) in [4.78, 5) is 5.31. The van der Waals surface area contributed by atoms with Crippen molar-refractivity contribution in [3.05, 3.63) is 35.4 Å². The Labute approximate surface area is 164 Å². The second kappa shape index (κ2) is 9.51. The summed E-state index contributed by atoms with van der Waals surface area (Å²) in [7, 11) is 0. The molecule has 2 saturated heterocycles. The van der Waals surface area contributed by atoms with Gasteiger partial charge in [-0.3, -0.25) is 4.90 Å². The van der Waals surface area contributed by atoms with Crippen molar-refractivity contribution in [2.45, 2.75) is 57.1 Å². The second-order valence-corrected chi connectivity index (χ2v) is 8.78. The molecule has 2 aliphatic heterocycles. The van der Waals surface area contributed by atoms with Crippen molar-refractivity contribution in [1.82, 2.24) is 9.80 Å². The lowest BCUT2D eigenvalue weighted by Gasteiger charge is -2.38. The van der Waals surface area contributed by atoms with Crippen molar-refractivity contribution in [3.8, 4) is 0 Å². The van der Waals surface area contributed by atoms with Gasteiger partial charge in [-0.1, -0.05) is 24.3 Å². The van der Waals surface area contributed by atoms with Gasteiger partial charge >= 0.3 is 0 Å². The zero-order chi connectivity index (χ0) is 18.5. The number of aliphatic hydroxyl groups excluding tert-OH is 1. The Morgan fingerprint density at radius 2 is 1.78 bits per heavy atom. The first kappa shape index (κ1) is 19.4. The van der Waals surface area contributed by atoms with E-state index in [0.717, 1.165) is 38.1 Å². The van der Waals surface area contributed by atoms with Gasteiger partial charge in [0.15, 0.2) is 0 Å². The monoisotopic (exact) mass is 372 g/mol. The highest BCUT2D eigenvalue weighted by molar-refractivity contribution is 5.33. The molecule has 2 fully saturated rings. The van der Waals surface area contributed by atoms with E-state index in [1.165, 1.54) is 58.2 Å². The molecular weight excluding hydrogens is 336 g/mol. The summed E-state index contributed by atoms with van der Waals surface area (Å²) >= 11 is 0. The predicted molar refractivity (Wildman–Crippen MR) is 109 cm³/mol. The molecule has 4 nitrogen and oxygen atoms in total. The summed E-state index contributed by atoms with van der Waals surface area (Å²) in [5, 5.41) is 9.25. The fourth-order valence-electron chi connectivity index (χ4n) is 5.29. The number of fused-ring (bicyclic) bond motifs is 1. The van der Waals surface area contributed by atoms with Gasteiger partial charge in [-0.25, -0.2) is 0 Å². The molecule has 1 N–H and O–H groups in total. The number of benzene rings is 1. The van der Waals surface area contributed by atoms with Crippen molar-refractivity contribution in [2.24, 2.45) is 5.92 Å². The zero-order valence-electron chi connectivity index (χ0n) is 16.7. The van der Waals surface area contributed by atoms with Crippen LogP contribution in [0.5, 0.6) is 0 Å². The number of ether oxygens (including phenoxy) is 1. The van der Waals surface area contributed by atoms with Crippen LogP contribution in [0.4, 0.5) is 0 Å². The molecule has 0 bridgehead atoms. The van der Waals surface area contributed by atoms with Crippen molar-refractivity contribution in [1.29, 1.82) is 0 Å². The summed E-state index contributed by atoms with van der Waals surface area (Å²) in [6.45, 7) is 6.96. The van der Waals surface area contributed by atoms with E-state index >= 15 is 0 Å². The molecule has 0 unspecified atom stereocenters. The molecule has 4 heteroatoms. The summed E-state index contributed by atoms with van der Waals surface area (Å²) in [6.07, 6.45) is 8.82. The molecule has 0 saturated carbocycles. The molecule has 1 aromatic rings. The maximum Gasteiger partial charge on any atom is 0.0702 e. The number of nitrogens with zero attached hydrogens (tertiary/aromatic N) is 2. The van der Waals surface area contributed by atoms with Gasteiger partial charge in [0.25, 0.3) is 0 Å². The zero-order valence-corrected chi connectivity index (χ0v) is 16.7. The minimum atomic E-state index is 0.294. The van der Waals surface area contributed by atoms with Gasteiger partial charge in [-0.2, -0.15) is 0 Å². The Balaban J connectivity index is 1.24. The molecule has 1 aromatic carbocycles. The summed E-state index contributed by atoms with van der Waals surface area (Å²) < 4.78 is 5.86. The lowest BCUT2D eigenvalue weighted by molar-refractivity contribution is 0.0547. The third-order valence-corrected chi connectivity index (χ3v) is 6.83. The molecule has 0 aromatic heterocycles. The van der Waals surface area contributed by atoms with Crippen LogP contribution in [0.25, 0.3) is 0 Å². The smallest absolute Gasteiger partial charge is 0.0702 e. The topological polar surface area (TPSA) is 35.9 Å². The van der Waals surface area contributed by atoms with Gasteiger partial charge < -0.3 is 14.7 Å². The number of hydrogen-bond donors (Lipinski definition) is 1. The van der Waals surface area contributed by atoms with Crippen LogP contribution in [0.2, 0.25) is 0 Å². The van der Waals surface area contributed by atoms with E-state index in [4.69, 9.17) is 4.74 Å². The Hall–Kier alpha value is -0.940. The molecule has 1 atom stereocenters. The molecule has 3 aliphatic rings. The highest BCUT2D eigenvalue weighted by atomic mass is 16.5. The third-order valence-electron chi connectivity index (χ3n) is 6.83. The standard InChI is InChI=1S/C23H36N2O2/c26-13-4-10-24(18-23-7-3-14-27-23)17-19-8-11-25(12-9-19)22-15-20-5-1-2-6-21(20)16-22/h1-2,5-6,19,22-23,26H,3-4,7-18H2/t23-/m1/s1. The molecule has 2 heterocycles. The Morgan fingerprint density at radius 3 is 2.41 bits per heavy atom. The lowest BCUT2D eigenvalue weighted by atomic mass is 9.94. The molecule has 150 valence electrons. The summed E-state index contributed by atoms with van der Waals surface area (Å²) in [5.74, 6) is 0.796. The van der Waals surface area contributed by atoms with Gasteiger partial charge in [0.05, 0.1) is 6.10 Å². The Bertz CT molecular complexity index is 554. The minimum absolute atomic E-state index is 0.294. The quantitative estimate of drug-likeness (QED) is 0.761. The first-order valence-electron chi connectivity index (χ1n) is 11.1. The first-order valence-corrected chi connectivity index (χ1v) is 11.1. The van der Waals surface area contributed by atoms with E-state index in [0.29, 0.717) is 12.7 Å². The maximum absolute atomic E-state index is 9.25. The maximum atomic E-state index is 9.25. The van der Waals surface area contributed by atoms with Crippen LogP contribution in [-0.2, 0) is 17.6 Å². The third kappa shape index (κ3) is 5.11. The summed E-state index contributed by atoms with van der Waals surface area (Å²) in [5.41, 5.74) is 3.13. The fraction of sp³-hybridized carbons (Fsp3) is 0.739. The predicted octanol–water partition coefficient (Wildman–Crippen LogP) is 2.73. The Kier molecular flexibility index (Phi) is 6.82. The van der Waals surface area contributed by atoms with E-state index in [1.807, 2.05) is 0 Å². The van der Waals surface area contributed by atoms with Crippen LogP contribution in [0.3, 0.4) is 0 Å². The van der Waals surface area contributed by atoms with Crippen LogP contribution >= 0.6 is 0 Å². The van der Waals surface area contributed by atoms with Crippen molar-refractivity contribution >= 4 is 0 Å². The van der Waals surface area contributed by atoms with Crippen molar-refractivity contribution < 1.29 is 9.84 Å². The van der Waals surface area contributed by atoms with Gasteiger partial charge in [0, 0.05) is 38.9 Å². The number of aliphatic hydroxyl groups is 1. The lowest BCUT2D eigenvalue weighted by Crippen LogP contribution is -2.45. The van der Waals surface area contributed by atoms with Crippen LogP contribution in [-0.4, -0.2) is 73.0 Å². The second-order valence-electron chi connectivity index (χ2n) is 8.78. The van der Waals surface area contributed by atoms with Crippen molar-refractivity contribution in [2.75, 3.05) is 45.9 Å². The molecule has 27 heavy (non-hydrogen) atoms. The van der Waals surface area contributed by atoms with E-state index in [-0.39, 0.29) is 0 Å². The number of piperidine rings is 1. The molecule has 1 aliphatic carbocycles. The molecular formula is C23H36N2O2. The minimum Gasteiger partial charge on any atom is -0.396 e. The molecule has 4 rings (SSSR count). The van der Waals surface area contributed by atoms with E-state index in [1.54, 1.807) is 11.1 Å². The first-order chi connectivity index (χ1) is 13.3. The van der Waals surface area contributed by atoms with E-state index in [9.17, 15) is 5.11 Å². The highest BCUT2D eigenvalue weighted by Crippen LogP contribution is 2.29. The highest BCUT2D eigenvalue weighted by Gasteiger charge is 2.30. The fourth-order valence-corrected chi connectivity index (χ4v) is 5.29. The normalized spacial score (nSPS) is 24.7. The van der Waals surface area contributed by atoms with Gasteiger partial charge in [0.2, 0.25) is 0 Å². The van der Waals surface area contributed by atoms with Crippen molar-refractivity contribution in [3.63, 3.8) is 0 Å². The Morgan fingerprint density at radius 1 is 1.04 bits per heavy atom.